The summed E-state index contributed by atoms with van der Waals surface area (Å²) in [6, 6.07) is 5.82. The smallest absolute Gasteiger partial charge is 0.249 e. The van der Waals surface area contributed by atoms with E-state index in [1.165, 1.54) is 0 Å². The summed E-state index contributed by atoms with van der Waals surface area (Å²) in [5, 5.41) is 13.1. The molecule has 3 N–H and O–H groups in total. The maximum absolute atomic E-state index is 13.1. The molecule has 4 rings (SSSR count). The fraction of sp³-hybridized carbons (Fsp3) is 0.750. The molecule has 1 amide bonds. The second-order valence-corrected chi connectivity index (χ2v) is 22.4. The van der Waals surface area contributed by atoms with Gasteiger partial charge in [-0.25, -0.2) is 0 Å². The molecule has 6 nitrogen and oxygen atoms in total. The normalized spacial score (nSPS) is 30.4. The second kappa shape index (κ2) is 12.1. The van der Waals surface area contributed by atoms with Crippen molar-refractivity contribution < 1.29 is 23.5 Å². The Kier molecular flexibility index (Phi) is 9.74. The summed E-state index contributed by atoms with van der Waals surface area (Å²) in [6.07, 6.45) is 7.25. The van der Waals surface area contributed by atoms with Crippen molar-refractivity contribution in [2.45, 2.75) is 156 Å². The van der Waals surface area contributed by atoms with Crippen molar-refractivity contribution in [2.24, 2.45) is 22.0 Å². The van der Waals surface area contributed by atoms with Crippen LogP contribution >= 0.6 is 0 Å². The maximum Gasteiger partial charge on any atom is 0.249 e. The van der Waals surface area contributed by atoms with Crippen molar-refractivity contribution >= 4 is 29.6 Å². The van der Waals surface area contributed by atoms with Crippen LogP contribution in [0.25, 0.3) is 5.57 Å². The van der Waals surface area contributed by atoms with Crippen LogP contribution in [0.3, 0.4) is 0 Å². The van der Waals surface area contributed by atoms with Gasteiger partial charge in [-0.2, -0.15) is 0 Å². The molecule has 8 heteroatoms. The molecule has 3 aliphatic rings. The van der Waals surface area contributed by atoms with Gasteiger partial charge in [0.2, 0.25) is 5.91 Å². The first-order valence-electron chi connectivity index (χ1n) is 16.9. The molecule has 1 aromatic carbocycles. The zero-order chi connectivity index (χ0) is 33.1. The molecule has 2 heterocycles. The average molecular weight is 644 g/mol. The van der Waals surface area contributed by atoms with Gasteiger partial charge in [-0.05, 0) is 103 Å². The summed E-state index contributed by atoms with van der Waals surface area (Å²) in [7, 11) is -2.92. The molecule has 0 radical (unpaired) electrons. The van der Waals surface area contributed by atoms with E-state index in [9.17, 15) is 9.90 Å². The maximum atomic E-state index is 13.1. The van der Waals surface area contributed by atoms with Gasteiger partial charge < -0.3 is 24.4 Å². The first kappa shape index (κ1) is 35.6. The quantitative estimate of drug-likeness (QED) is 0.272. The molecule has 1 aliphatic carbocycles. The van der Waals surface area contributed by atoms with Crippen LogP contribution in [0, 0.1) is 16.2 Å². The predicted molar refractivity (Wildman–Crippen MR) is 186 cm³/mol. The first-order valence-corrected chi connectivity index (χ1v) is 22.5. The molecule has 4 atom stereocenters. The fourth-order valence-corrected chi connectivity index (χ4v) is 10.8. The summed E-state index contributed by atoms with van der Waals surface area (Å²) in [5.74, 6) is -0.435. The van der Waals surface area contributed by atoms with Gasteiger partial charge in [0.05, 0.1) is 29.0 Å². The highest BCUT2D eigenvalue weighted by Crippen LogP contribution is 2.62. The molecule has 2 saturated heterocycles. The number of fused-ring (bicyclic) bond motifs is 2. The van der Waals surface area contributed by atoms with Crippen LogP contribution in [0.1, 0.15) is 122 Å². The minimum atomic E-state index is -1.46. The van der Waals surface area contributed by atoms with E-state index in [4.69, 9.17) is 19.3 Å². The molecule has 2 fully saturated rings. The van der Waals surface area contributed by atoms with Gasteiger partial charge in [-0.1, -0.05) is 67.5 Å². The van der Waals surface area contributed by atoms with E-state index in [-0.39, 0.29) is 28.5 Å². The first-order chi connectivity index (χ1) is 20.0. The van der Waals surface area contributed by atoms with Gasteiger partial charge in [0, 0.05) is 18.4 Å². The molecule has 4 unspecified atom stereocenters. The number of ether oxygens (including phenoxy) is 1. The number of carbonyl (C=O) groups excluding carboxylic acids is 1. The minimum Gasteiger partial charge on any atom is -0.414 e. The Morgan fingerprint density at radius 1 is 0.909 bits per heavy atom. The molecule has 2 aliphatic heterocycles. The third-order valence-electron chi connectivity index (χ3n) is 10.0. The van der Waals surface area contributed by atoms with Crippen molar-refractivity contribution in [3.8, 4) is 0 Å². The predicted octanol–water partition coefficient (Wildman–Crippen LogP) is 7.48. The number of carbonyl (C=O) groups is 1. The summed E-state index contributed by atoms with van der Waals surface area (Å²) in [6.45, 7) is 26.8. The highest BCUT2D eigenvalue weighted by Gasteiger charge is 2.68. The van der Waals surface area contributed by atoms with Gasteiger partial charge in [0.15, 0.2) is 18.1 Å². The van der Waals surface area contributed by atoms with Crippen molar-refractivity contribution in [2.75, 3.05) is 0 Å². The SMILES string of the molecule is C[SiH](C)OC(C(C)(C)C)C12CCC(C(O[SiH](C)C)C(C)(C)C)(CC(O)(c3ccc(C(N)=O)c(C4=CCC(C)(C)CC4)c3)C1)O2. The number of hydrogen-bond donors (Lipinski definition) is 2. The number of primary amides is 1. The Labute approximate surface area is 271 Å². The molecular weight excluding hydrogens is 583 g/mol. The summed E-state index contributed by atoms with van der Waals surface area (Å²) in [5.41, 5.74) is 6.55. The molecule has 1 aromatic rings. The van der Waals surface area contributed by atoms with Crippen LogP contribution in [0.4, 0.5) is 0 Å². The van der Waals surface area contributed by atoms with Crippen LogP contribution < -0.4 is 5.73 Å². The third kappa shape index (κ3) is 7.15. The number of amides is 1. The van der Waals surface area contributed by atoms with Crippen molar-refractivity contribution in [1.82, 2.24) is 0 Å². The lowest BCUT2D eigenvalue weighted by molar-refractivity contribution is -0.278. The second-order valence-electron chi connectivity index (χ2n) is 17.7. The summed E-state index contributed by atoms with van der Waals surface area (Å²) in [4.78, 5) is 12.7. The number of benzene rings is 1. The van der Waals surface area contributed by atoms with E-state index in [0.717, 1.165) is 48.8 Å². The number of nitrogens with two attached hydrogens (primary N) is 1. The van der Waals surface area contributed by atoms with Crippen molar-refractivity contribution in [3.63, 3.8) is 0 Å². The number of aliphatic hydroxyl groups is 1. The lowest BCUT2D eigenvalue weighted by Crippen LogP contribution is -2.64. The van der Waals surface area contributed by atoms with Crippen LogP contribution in [-0.4, -0.2) is 52.5 Å². The van der Waals surface area contributed by atoms with E-state index in [0.29, 0.717) is 18.4 Å². The topological polar surface area (TPSA) is 91.0 Å². The minimum absolute atomic E-state index is 0.181. The molecule has 0 spiro atoms. The van der Waals surface area contributed by atoms with Crippen molar-refractivity contribution in [3.05, 3.63) is 41.0 Å². The van der Waals surface area contributed by atoms with E-state index in [1.54, 1.807) is 0 Å². The van der Waals surface area contributed by atoms with Gasteiger partial charge in [-0.15, -0.1) is 0 Å². The van der Waals surface area contributed by atoms with Gasteiger partial charge in [0.1, 0.15) is 0 Å². The Morgan fingerprint density at radius 3 is 1.80 bits per heavy atom. The highest BCUT2D eigenvalue weighted by atomic mass is 28.3. The largest absolute Gasteiger partial charge is 0.414 e. The molecular formula is C36H61NO5Si2. The molecule has 44 heavy (non-hydrogen) atoms. The van der Waals surface area contributed by atoms with E-state index < -0.39 is 40.8 Å². The van der Waals surface area contributed by atoms with Crippen molar-refractivity contribution in [1.29, 1.82) is 0 Å². The number of hydrogen-bond acceptors (Lipinski definition) is 5. The number of rotatable bonds is 9. The lowest BCUT2D eigenvalue weighted by Gasteiger charge is -2.57. The standard InChI is InChI=1S/C36H61NO5Si2/c1-31(2,3)29(40-43(9)10)35-19-20-36(42-35,30(32(4,5)6)41-44(11)12)23-34(39,22-35)25-13-14-26(28(37)38)27(21-25)24-15-17-33(7,8)18-16-24/h13-15,21,29-30,39,43-44H,16-20,22-23H2,1-12H3,(H2,37,38). The molecule has 0 saturated carbocycles. The van der Waals surface area contributed by atoms with Crippen LogP contribution in [0.5, 0.6) is 0 Å². The van der Waals surface area contributed by atoms with Crippen LogP contribution in [0.2, 0.25) is 26.2 Å². The molecule has 2 bridgehead atoms. The highest BCUT2D eigenvalue weighted by molar-refractivity contribution is 6.48. The summed E-state index contributed by atoms with van der Waals surface area (Å²) < 4.78 is 21.2. The number of allylic oxidation sites excluding steroid dienone is 2. The molecule has 0 aromatic heterocycles. The van der Waals surface area contributed by atoms with Crippen LogP contribution in [0.15, 0.2) is 24.3 Å². The Hall–Kier alpha value is -1.30. The van der Waals surface area contributed by atoms with E-state index >= 15 is 0 Å². The van der Waals surface area contributed by atoms with Gasteiger partial charge in [0.25, 0.3) is 0 Å². The lowest BCUT2D eigenvalue weighted by atomic mass is 9.66. The Bertz CT molecular complexity index is 1220. The van der Waals surface area contributed by atoms with Crippen LogP contribution in [-0.2, 0) is 19.2 Å². The Morgan fingerprint density at radius 2 is 1.41 bits per heavy atom. The monoisotopic (exact) mass is 643 g/mol. The fourth-order valence-electron chi connectivity index (χ4n) is 8.40. The molecule has 248 valence electrons. The zero-order valence-electron chi connectivity index (χ0n) is 29.7. The van der Waals surface area contributed by atoms with Gasteiger partial charge in [-0.3, -0.25) is 4.79 Å². The summed E-state index contributed by atoms with van der Waals surface area (Å²) >= 11 is 0. The third-order valence-corrected chi connectivity index (χ3v) is 11.7. The Balaban J connectivity index is 1.92. The zero-order valence-corrected chi connectivity index (χ0v) is 32.0. The van der Waals surface area contributed by atoms with E-state index in [2.05, 4.69) is 93.7 Å². The van der Waals surface area contributed by atoms with E-state index in [1.807, 2.05) is 12.1 Å². The van der Waals surface area contributed by atoms with Gasteiger partial charge >= 0.3 is 0 Å². The average Bonchev–Trinajstić information content (AvgIpc) is 3.16.